The third-order valence-corrected chi connectivity index (χ3v) is 6.46. The molecule has 0 spiro atoms. The fourth-order valence-electron chi connectivity index (χ4n) is 3.36. The van der Waals surface area contributed by atoms with Gasteiger partial charge in [0.05, 0.1) is 10.4 Å². The van der Waals surface area contributed by atoms with Gasteiger partial charge in [0.1, 0.15) is 17.5 Å². The molecule has 3 rings (SSSR count). The van der Waals surface area contributed by atoms with Crippen LogP contribution in [0, 0.1) is 5.92 Å². The summed E-state index contributed by atoms with van der Waals surface area (Å²) in [6.45, 7) is 2.19. The molecule has 1 unspecified atom stereocenters. The Balaban J connectivity index is 1.79. The van der Waals surface area contributed by atoms with Gasteiger partial charge in [-0.3, -0.25) is 4.79 Å². The highest BCUT2D eigenvalue weighted by atomic mass is 35.5. The lowest BCUT2D eigenvalue weighted by molar-refractivity contribution is -0.140. The summed E-state index contributed by atoms with van der Waals surface area (Å²) in [5, 5.41) is 9.05. The molecule has 0 aliphatic heterocycles. The van der Waals surface area contributed by atoms with E-state index in [1.807, 2.05) is 0 Å². The lowest BCUT2D eigenvalue weighted by atomic mass is 9.90. The molecule has 4 nitrogen and oxygen atoms in total. The van der Waals surface area contributed by atoms with Crippen LogP contribution >= 0.6 is 23.1 Å². The first-order chi connectivity index (χ1) is 14.1. The molecule has 1 heterocycles. The van der Waals surface area contributed by atoms with Crippen molar-refractivity contribution in [1.29, 1.82) is 0 Å². The molecule has 30 heavy (non-hydrogen) atoms. The molecule has 0 saturated heterocycles. The number of nitrogens with zero attached hydrogens (tertiary/aromatic N) is 1. The maximum absolute atomic E-state index is 13.4. The molecule has 0 radical (unpaired) electrons. The number of carboxylic acids is 1. The Morgan fingerprint density at radius 1 is 1.40 bits per heavy atom. The Morgan fingerprint density at radius 2 is 2.17 bits per heavy atom. The van der Waals surface area contributed by atoms with Crippen molar-refractivity contribution in [3.05, 3.63) is 51.0 Å². The second-order valence-corrected chi connectivity index (χ2v) is 8.52. The summed E-state index contributed by atoms with van der Waals surface area (Å²) in [5.41, 5.74) is 0.858. The number of rotatable bonds is 7. The fraction of sp³-hybridized carbons (Fsp3) is 0.429. The smallest absolute Gasteiger partial charge is 0.416 e. The minimum atomic E-state index is -4.61. The zero-order valence-electron chi connectivity index (χ0n) is 16.3. The lowest BCUT2D eigenvalue weighted by Crippen LogP contribution is -2.11. The Morgan fingerprint density at radius 3 is 2.80 bits per heavy atom. The van der Waals surface area contributed by atoms with Gasteiger partial charge in [-0.1, -0.05) is 30.7 Å². The van der Waals surface area contributed by atoms with Gasteiger partial charge in [-0.15, -0.1) is 0 Å². The van der Waals surface area contributed by atoms with Crippen LogP contribution in [0.5, 0.6) is 5.75 Å². The van der Waals surface area contributed by atoms with Crippen molar-refractivity contribution in [3.63, 3.8) is 0 Å². The minimum absolute atomic E-state index is 0.00330. The second-order valence-electron chi connectivity index (χ2n) is 7.39. The summed E-state index contributed by atoms with van der Waals surface area (Å²) >= 11 is 7.49. The fourth-order valence-corrected chi connectivity index (χ4v) is 4.52. The van der Waals surface area contributed by atoms with E-state index < -0.39 is 17.7 Å². The first-order valence-electron chi connectivity index (χ1n) is 9.53. The van der Waals surface area contributed by atoms with Gasteiger partial charge in [-0.05, 0) is 66.4 Å². The zero-order chi connectivity index (χ0) is 21.9. The minimum Gasteiger partial charge on any atom is -0.489 e. The van der Waals surface area contributed by atoms with Crippen LogP contribution in [0.2, 0.25) is 5.15 Å². The van der Waals surface area contributed by atoms with E-state index in [0.717, 1.165) is 35.8 Å². The van der Waals surface area contributed by atoms with Crippen molar-refractivity contribution >= 4 is 34.7 Å². The van der Waals surface area contributed by atoms with Crippen LogP contribution in [0.15, 0.2) is 24.3 Å². The second kappa shape index (κ2) is 9.39. The average Bonchev–Trinajstić information content (AvgIpc) is 3.05. The molecule has 0 bridgehead atoms. The molecule has 1 aromatic heterocycles. The number of ether oxygens (including phenoxy) is 1. The Labute approximate surface area is 181 Å². The summed E-state index contributed by atoms with van der Waals surface area (Å²) in [6, 6.07) is 3.59. The molecule has 1 aromatic carbocycles. The van der Waals surface area contributed by atoms with E-state index in [1.54, 1.807) is 0 Å². The molecule has 162 valence electrons. The molecule has 1 N–H and O–H groups in total. The van der Waals surface area contributed by atoms with Gasteiger partial charge in [-0.2, -0.15) is 17.5 Å². The number of halogens is 4. The number of hydrogen-bond donors (Lipinski definition) is 1. The van der Waals surface area contributed by atoms with Crippen LogP contribution in [0.1, 0.15) is 54.2 Å². The number of benzene rings is 1. The number of aliphatic carboxylic acids is 1. The van der Waals surface area contributed by atoms with E-state index in [2.05, 4.69) is 17.4 Å². The molecule has 0 fully saturated rings. The van der Waals surface area contributed by atoms with Crippen molar-refractivity contribution < 1.29 is 27.8 Å². The van der Waals surface area contributed by atoms with E-state index in [0.29, 0.717) is 16.6 Å². The number of allylic oxidation sites excluding steroid dienone is 2. The SMILES string of the molecule is CC1CC=C(c2snc(Cl)c2COc2ccc(CCC(=O)O)c(C(F)(F)F)c2)CC1. The van der Waals surface area contributed by atoms with Gasteiger partial charge in [0.25, 0.3) is 0 Å². The summed E-state index contributed by atoms with van der Waals surface area (Å²) in [5.74, 6) is -0.486. The summed E-state index contributed by atoms with van der Waals surface area (Å²) in [4.78, 5) is 11.6. The first-order valence-corrected chi connectivity index (χ1v) is 10.7. The normalized spacial score (nSPS) is 17.0. The van der Waals surface area contributed by atoms with E-state index in [1.165, 1.54) is 23.7 Å². The van der Waals surface area contributed by atoms with Gasteiger partial charge >= 0.3 is 12.1 Å². The Bertz CT molecular complexity index is 955. The van der Waals surface area contributed by atoms with Crippen LogP contribution in [-0.2, 0) is 24.0 Å². The van der Waals surface area contributed by atoms with Crippen LogP contribution in [-0.4, -0.2) is 15.4 Å². The number of carboxylic acid groups (broad SMARTS) is 1. The molecular weight excluding hydrogens is 439 g/mol. The molecular formula is C21H21ClF3NO3S. The van der Waals surface area contributed by atoms with E-state index in [4.69, 9.17) is 21.4 Å². The predicted octanol–water partition coefficient (Wildman–Crippen LogP) is 6.61. The summed E-state index contributed by atoms with van der Waals surface area (Å²) in [6.07, 6.45) is -0.0858. The number of hydrogen-bond acceptors (Lipinski definition) is 4. The highest BCUT2D eigenvalue weighted by Crippen LogP contribution is 2.38. The molecule has 1 aliphatic carbocycles. The number of alkyl halides is 3. The third kappa shape index (κ3) is 5.55. The lowest BCUT2D eigenvalue weighted by Gasteiger charge is -2.18. The molecule has 0 amide bonds. The van der Waals surface area contributed by atoms with Crippen molar-refractivity contribution in [2.45, 2.75) is 51.8 Å². The largest absolute Gasteiger partial charge is 0.489 e. The van der Waals surface area contributed by atoms with Crippen LogP contribution in [0.25, 0.3) is 5.57 Å². The van der Waals surface area contributed by atoms with Crippen molar-refractivity contribution in [2.24, 2.45) is 5.92 Å². The third-order valence-electron chi connectivity index (χ3n) is 5.08. The van der Waals surface area contributed by atoms with Crippen molar-refractivity contribution in [2.75, 3.05) is 0 Å². The van der Waals surface area contributed by atoms with E-state index in [9.17, 15) is 18.0 Å². The number of aromatic nitrogens is 1. The van der Waals surface area contributed by atoms with Gasteiger partial charge in [-0.25, -0.2) is 0 Å². The topological polar surface area (TPSA) is 59.4 Å². The highest BCUT2D eigenvalue weighted by Gasteiger charge is 2.34. The molecule has 2 aromatic rings. The molecule has 0 saturated carbocycles. The van der Waals surface area contributed by atoms with Crippen LogP contribution < -0.4 is 4.74 Å². The maximum atomic E-state index is 13.4. The van der Waals surface area contributed by atoms with E-state index in [-0.39, 0.29) is 30.8 Å². The maximum Gasteiger partial charge on any atom is 0.416 e. The van der Waals surface area contributed by atoms with Gasteiger partial charge in [0, 0.05) is 12.0 Å². The summed E-state index contributed by atoms with van der Waals surface area (Å²) in [7, 11) is 0. The zero-order valence-corrected chi connectivity index (χ0v) is 17.8. The van der Waals surface area contributed by atoms with Crippen LogP contribution in [0.4, 0.5) is 13.2 Å². The van der Waals surface area contributed by atoms with Crippen molar-refractivity contribution in [1.82, 2.24) is 4.37 Å². The Hall–Kier alpha value is -2.06. The standard InChI is InChI=1S/C21H21ClF3NO3S/c1-12-2-4-14(5-3-12)19-16(20(22)26-30-19)11-29-15-8-6-13(7-9-18(27)28)17(10-15)21(23,24)25/h4,6,8,10,12H,2-3,5,7,9,11H2,1H3,(H,27,28). The van der Waals surface area contributed by atoms with Gasteiger partial charge < -0.3 is 9.84 Å². The quantitative estimate of drug-likeness (QED) is 0.505. The van der Waals surface area contributed by atoms with Gasteiger partial charge in [0.2, 0.25) is 0 Å². The number of aryl methyl sites for hydroxylation is 1. The average molecular weight is 460 g/mol. The van der Waals surface area contributed by atoms with Gasteiger partial charge in [0.15, 0.2) is 0 Å². The number of carbonyl (C=O) groups is 1. The van der Waals surface area contributed by atoms with Crippen molar-refractivity contribution in [3.8, 4) is 5.75 Å². The molecule has 1 atom stereocenters. The monoisotopic (exact) mass is 459 g/mol. The van der Waals surface area contributed by atoms with Crippen LogP contribution in [0.3, 0.4) is 0 Å². The Kier molecular flexibility index (Phi) is 7.08. The summed E-state index contributed by atoms with van der Waals surface area (Å²) < 4.78 is 50.1. The predicted molar refractivity (Wildman–Crippen MR) is 110 cm³/mol. The molecule has 1 aliphatic rings. The molecule has 9 heteroatoms. The first kappa shape index (κ1) is 22.6. The highest BCUT2D eigenvalue weighted by molar-refractivity contribution is 7.07. The van der Waals surface area contributed by atoms with E-state index >= 15 is 0 Å².